The van der Waals surface area contributed by atoms with Crippen LogP contribution in [0.15, 0.2) is 18.2 Å². The maximum Gasteiger partial charge on any atom is 0.261 e. The molecule has 9 heteroatoms. The Labute approximate surface area is 150 Å². The zero-order valence-electron chi connectivity index (χ0n) is 13.1. The molecule has 1 amide bonds. The van der Waals surface area contributed by atoms with Gasteiger partial charge in [0.2, 0.25) is 5.95 Å². The SMILES string of the molecule is Cl.Cn1nc(C2CCNCC2)nc1NC(=O)c1cccc(Cl)c1F. The minimum atomic E-state index is -0.743. The Hall–Kier alpha value is -1.70. The predicted octanol–water partition coefficient (Wildman–Crippen LogP) is 2.75. The third-order valence-electron chi connectivity index (χ3n) is 3.91. The number of anilines is 1. The van der Waals surface area contributed by atoms with E-state index in [0.717, 1.165) is 25.9 Å². The molecule has 1 aliphatic heterocycles. The van der Waals surface area contributed by atoms with Crippen LogP contribution in [-0.4, -0.2) is 33.8 Å². The van der Waals surface area contributed by atoms with Crippen molar-refractivity contribution in [3.05, 3.63) is 40.4 Å². The number of amides is 1. The highest BCUT2D eigenvalue weighted by Gasteiger charge is 2.22. The molecule has 2 N–H and O–H groups in total. The molecule has 1 aliphatic rings. The number of benzene rings is 1. The summed E-state index contributed by atoms with van der Waals surface area (Å²) in [5.74, 6) is -0.0699. The fourth-order valence-corrected chi connectivity index (χ4v) is 2.79. The van der Waals surface area contributed by atoms with Crippen LogP contribution in [0.4, 0.5) is 10.3 Å². The van der Waals surface area contributed by atoms with Gasteiger partial charge in [-0.25, -0.2) is 9.07 Å². The number of aryl methyl sites for hydroxylation is 1. The molecule has 1 fully saturated rings. The summed E-state index contributed by atoms with van der Waals surface area (Å²) < 4.78 is 15.4. The van der Waals surface area contributed by atoms with E-state index < -0.39 is 11.7 Å². The number of halogens is 3. The summed E-state index contributed by atoms with van der Waals surface area (Å²) in [5.41, 5.74) is -0.121. The van der Waals surface area contributed by atoms with Gasteiger partial charge in [-0.2, -0.15) is 10.1 Å². The van der Waals surface area contributed by atoms with E-state index in [0.29, 0.717) is 11.8 Å². The third kappa shape index (κ3) is 3.85. The lowest BCUT2D eigenvalue weighted by Crippen LogP contribution is -2.27. The van der Waals surface area contributed by atoms with Gasteiger partial charge in [-0.05, 0) is 38.1 Å². The summed E-state index contributed by atoms with van der Waals surface area (Å²) in [6.45, 7) is 1.86. The average Bonchev–Trinajstić information content (AvgIpc) is 2.92. The minimum absolute atomic E-state index is 0. The molecule has 0 atom stereocenters. The van der Waals surface area contributed by atoms with Gasteiger partial charge in [0.15, 0.2) is 11.6 Å². The Morgan fingerprint density at radius 3 is 2.83 bits per heavy atom. The molecule has 6 nitrogen and oxygen atoms in total. The van der Waals surface area contributed by atoms with E-state index in [1.807, 2.05) is 0 Å². The molecule has 0 bridgehead atoms. The van der Waals surface area contributed by atoms with Gasteiger partial charge in [0, 0.05) is 13.0 Å². The Morgan fingerprint density at radius 1 is 1.42 bits per heavy atom. The molecule has 0 aliphatic carbocycles. The molecule has 3 rings (SSSR count). The van der Waals surface area contributed by atoms with Crippen LogP contribution in [0.2, 0.25) is 5.02 Å². The summed E-state index contributed by atoms with van der Waals surface area (Å²) >= 11 is 5.70. The van der Waals surface area contributed by atoms with Gasteiger partial charge in [0.1, 0.15) is 0 Å². The molecule has 1 aromatic heterocycles. The lowest BCUT2D eigenvalue weighted by Gasteiger charge is -2.19. The monoisotopic (exact) mass is 373 g/mol. The van der Waals surface area contributed by atoms with E-state index in [1.165, 1.54) is 22.9 Å². The summed E-state index contributed by atoms with van der Waals surface area (Å²) in [7, 11) is 1.70. The first-order valence-electron chi connectivity index (χ1n) is 7.43. The largest absolute Gasteiger partial charge is 0.317 e. The van der Waals surface area contributed by atoms with Crippen LogP contribution in [0.5, 0.6) is 0 Å². The fraction of sp³-hybridized carbons (Fsp3) is 0.400. The molecule has 2 heterocycles. The van der Waals surface area contributed by atoms with E-state index in [9.17, 15) is 9.18 Å². The quantitative estimate of drug-likeness (QED) is 0.867. The molecule has 0 radical (unpaired) electrons. The summed E-state index contributed by atoms with van der Waals surface area (Å²) in [5, 5.41) is 10.1. The van der Waals surface area contributed by atoms with E-state index in [2.05, 4.69) is 20.7 Å². The molecule has 0 spiro atoms. The van der Waals surface area contributed by atoms with Crippen molar-refractivity contribution < 1.29 is 9.18 Å². The van der Waals surface area contributed by atoms with Crippen molar-refractivity contribution >= 4 is 35.9 Å². The molecule has 130 valence electrons. The van der Waals surface area contributed by atoms with E-state index in [-0.39, 0.29) is 28.9 Å². The molecule has 0 unspecified atom stereocenters. The van der Waals surface area contributed by atoms with Crippen LogP contribution in [0.3, 0.4) is 0 Å². The average molecular weight is 374 g/mol. The first-order valence-corrected chi connectivity index (χ1v) is 7.81. The number of nitrogens with zero attached hydrogens (tertiary/aromatic N) is 3. The molecule has 2 aromatic rings. The van der Waals surface area contributed by atoms with Crippen LogP contribution >= 0.6 is 24.0 Å². The number of piperidine rings is 1. The second kappa shape index (κ2) is 7.92. The van der Waals surface area contributed by atoms with Crippen molar-refractivity contribution in [1.29, 1.82) is 0 Å². The summed E-state index contributed by atoms with van der Waals surface area (Å²) in [4.78, 5) is 16.6. The minimum Gasteiger partial charge on any atom is -0.317 e. The number of hydrogen-bond donors (Lipinski definition) is 2. The van der Waals surface area contributed by atoms with E-state index in [4.69, 9.17) is 11.6 Å². The number of aromatic nitrogens is 3. The van der Waals surface area contributed by atoms with Gasteiger partial charge in [-0.3, -0.25) is 10.1 Å². The summed E-state index contributed by atoms with van der Waals surface area (Å²) in [6.07, 6.45) is 1.92. The zero-order valence-corrected chi connectivity index (χ0v) is 14.6. The van der Waals surface area contributed by atoms with Gasteiger partial charge >= 0.3 is 0 Å². The molecular formula is C15H18Cl2FN5O. The van der Waals surface area contributed by atoms with Gasteiger partial charge in [-0.1, -0.05) is 17.7 Å². The fourth-order valence-electron chi connectivity index (χ4n) is 2.61. The first kappa shape index (κ1) is 18.6. The van der Waals surface area contributed by atoms with E-state index in [1.54, 1.807) is 7.05 Å². The Morgan fingerprint density at radius 2 is 2.12 bits per heavy atom. The predicted molar refractivity (Wildman–Crippen MR) is 92.5 cm³/mol. The van der Waals surface area contributed by atoms with Crippen molar-refractivity contribution in [3.63, 3.8) is 0 Å². The maximum absolute atomic E-state index is 13.9. The number of carbonyl (C=O) groups is 1. The maximum atomic E-state index is 13.9. The van der Waals surface area contributed by atoms with Crippen LogP contribution < -0.4 is 10.6 Å². The Bertz CT molecular complexity index is 731. The normalized spacial score (nSPS) is 15.0. The molecular weight excluding hydrogens is 356 g/mol. The van der Waals surface area contributed by atoms with Crippen molar-refractivity contribution in [2.45, 2.75) is 18.8 Å². The van der Waals surface area contributed by atoms with Gasteiger partial charge in [0.25, 0.3) is 5.91 Å². The molecule has 0 saturated carbocycles. The molecule has 24 heavy (non-hydrogen) atoms. The van der Waals surface area contributed by atoms with Crippen molar-refractivity contribution in [2.75, 3.05) is 18.4 Å². The van der Waals surface area contributed by atoms with Crippen LogP contribution in [0, 0.1) is 5.82 Å². The van der Waals surface area contributed by atoms with Crippen LogP contribution in [-0.2, 0) is 7.05 Å². The standard InChI is InChI=1S/C15H17ClFN5O.ClH/c1-22-15(19-13(21-22)9-5-7-18-8-6-9)20-14(23)10-3-2-4-11(16)12(10)17;/h2-4,9,18H,5-8H2,1H3,(H,19,20,21,23);1H. The molecule has 1 saturated heterocycles. The number of nitrogens with one attached hydrogen (secondary N) is 2. The highest BCUT2D eigenvalue weighted by atomic mass is 35.5. The Balaban J connectivity index is 0.00000208. The van der Waals surface area contributed by atoms with Crippen LogP contribution in [0.1, 0.15) is 34.9 Å². The first-order chi connectivity index (χ1) is 11.1. The lowest BCUT2D eigenvalue weighted by atomic mass is 9.98. The number of hydrogen-bond acceptors (Lipinski definition) is 4. The number of rotatable bonds is 3. The smallest absolute Gasteiger partial charge is 0.261 e. The van der Waals surface area contributed by atoms with Crippen LogP contribution in [0.25, 0.3) is 0 Å². The van der Waals surface area contributed by atoms with Gasteiger partial charge < -0.3 is 5.32 Å². The van der Waals surface area contributed by atoms with E-state index >= 15 is 0 Å². The lowest BCUT2D eigenvalue weighted by molar-refractivity contribution is 0.102. The number of carbonyl (C=O) groups excluding carboxylic acids is 1. The highest BCUT2D eigenvalue weighted by molar-refractivity contribution is 6.31. The van der Waals surface area contributed by atoms with Crippen molar-refractivity contribution in [3.8, 4) is 0 Å². The second-order valence-corrected chi connectivity index (χ2v) is 5.90. The topological polar surface area (TPSA) is 71.8 Å². The zero-order chi connectivity index (χ0) is 16.4. The van der Waals surface area contributed by atoms with Gasteiger partial charge in [0.05, 0.1) is 10.6 Å². The molecule has 1 aromatic carbocycles. The van der Waals surface area contributed by atoms with Crippen molar-refractivity contribution in [2.24, 2.45) is 7.05 Å². The highest BCUT2D eigenvalue weighted by Crippen LogP contribution is 2.24. The van der Waals surface area contributed by atoms with Crippen molar-refractivity contribution in [1.82, 2.24) is 20.1 Å². The third-order valence-corrected chi connectivity index (χ3v) is 4.20. The Kier molecular flexibility index (Phi) is 6.15. The second-order valence-electron chi connectivity index (χ2n) is 5.50. The summed E-state index contributed by atoms with van der Waals surface area (Å²) in [6, 6.07) is 4.29. The van der Waals surface area contributed by atoms with Gasteiger partial charge in [-0.15, -0.1) is 12.4 Å².